The van der Waals surface area contributed by atoms with E-state index in [1.807, 2.05) is 19.1 Å². The minimum atomic E-state index is -0.827. The predicted molar refractivity (Wildman–Crippen MR) is 106 cm³/mol. The second kappa shape index (κ2) is 9.68. The maximum atomic E-state index is 13.5. The van der Waals surface area contributed by atoms with Crippen molar-refractivity contribution in [3.05, 3.63) is 59.6 Å². The van der Waals surface area contributed by atoms with Crippen molar-refractivity contribution in [2.45, 2.75) is 31.7 Å². The molecule has 7 heteroatoms. The van der Waals surface area contributed by atoms with E-state index in [4.69, 9.17) is 4.42 Å². The van der Waals surface area contributed by atoms with Crippen LogP contribution in [-0.2, 0) is 0 Å². The smallest absolute Gasteiger partial charge is 0.191 e. The van der Waals surface area contributed by atoms with Crippen LogP contribution in [0.3, 0.4) is 0 Å². The predicted octanol–water partition coefficient (Wildman–Crippen LogP) is 3.66. The van der Waals surface area contributed by atoms with Gasteiger partial charge in [-0.25, -0.2) is 8.78 Å². The lowest BCUT2D eigenvalue weighted by Crippen LogP contribution is -2.43. The molecule has 3 rings (SSSR count). The normalized spacial score (nSPS) is 17.5. The van der Waals surface area contributed by atoms with Gasteiger partial charge in [-0.2, -0.15) is 0 Å². The van der Waals surface area contributed by atoms with E-state index in [1.165, 1.54) is 18.9 Å². The highest BCUT2D eigenvalue weighted by Crippen LogP contribution is 2.25. The van der Waals surface area contributed by atoms with Crippen LogP contribution in [-0.4, -0.2) is 44.1 Å². The molecule has 0 radical (unpaired) electrons. The Morgan fingerprint density at radius 2 is 1.89 bits per heavy atom. The molecule has 0 saturated carbocycles. The van der Waals surface area contributed by atoms with E-state index in [1.54, 1.807) is 19.4 Å². The van der Waals surface area contributed by atoms with E-state index >= 15 is 0 Å². The number of hydrogen-bond donors (Lipinski definition) is 2. The molecule has 28 heavy (non-hydrogen) atoms. The lowest BCUT2D eigenvalue weighted by molar-refractivity contribution is 0.215. The zero-order valence-corrected chi connectivity index (χ0v) is 16.4. The molecule has 2 unspecified atom stereocenters. The Morgan fingerprint density at radius 1 is 1.14 bits per heavy atom. The fourth-order valence-electron chi connectivity index (χ4n) is 3.54. The van der Waals surface area contributed by atoms with E-state index in [9.17, 15) is 8.78 Å². The van der Waals surface area contributed by atoms with Crippen LogP contribution < -0.4 is 10.6 Å². The number of aliphatic imine (C=N–C) groups is 1. The van der Waals surface area contributed by atoms with Gasteiger partial charge in [-0.05, 0) is 61.7 Å². The van der Waals surface area contributed by atoms with Crippen molar-refractivity contribution in [1.82, 2.24) is 15.5 Å². The first-order valence-corrected chi connectivity index (χ1v) is 9.75. The third-order valence-corrected chi connectivity index (χ3v) is 5.23. The first kappa shape index (κ1) is 20.3. The monoisotopic (exact) mass is 390 g/mol. The second-order valence-corrected chi connectivity index (χ2v) is 7.18. The molecule has 0 spiro atoms. The summed E-state index contributed by atoms with van der Waals surface area (Å²) in [5, 5.41) is 6.63. The van der Waals surface area contributed by atoms with Crippen LogP contribution >= 0.6 is 0 Å². The molecule has 2 N–H and O–H groups in total. The molecule has 2 atom stereocenters. The summed E-state index contributed by atoms with van der Waals surface area (Å²) in [4.78, 5) is 6.70. The molecule has 2 heterocycles. The number of benzene rings is 1. The van der Waals surface area contributed by atoms with E-state index in [0.29, 0.717) is 19.0 Å². The van der Waals surface area contributed by atoms with Crippen molar-refractivity contribution in [3.8, 4) is 0 Å². The van der Waals surface area contributed by atoms with Gasteiger partial charge in [0.05, 0.1) is 12.3 Å². The fraction of sp³-hybridized carbons (Fsp3) is 0.476. The summed E-state index contributed by atoms with van der Waals surface area (Å²) in [6.07, 6.45) is 4.11. The highest BCUT2D eigenvalue weighted by atomic mass is 19.2. The lowest BCUT2D eigenvalue weighted by atomic mass is 10.0. The van der Waals surface area contributed by atoms with Crippen LogP contribution in [0, 0.1) is 11.6 Å². The Kier molecular flexibility index (Phi) is 7.03. The zero-order valence-electron chi connectivity index (χ0n) is 16.4. The number of nitrogens with one attached hydrogen (secondary N) is 2. The maximum absolute atomic E-state index is 13.5. The summed E-state index contributed by atoms with van der Waals surface area (Å²) in [6, 6.07) is 8.10. The molecule has 5 nitrogen and oxygen atoms in total. The summed E-state index contributed by atoms with van der Waals surface area (Å²) in [5.41, 5.74) is 0.743. The molecule has 0 bridgehead atoms. The summed E-state index contributed by atoms with van der Waals surface area (Å²) in [5.74, 6) is -0.0238. The lowest BCUT2D eigenvalue weighted by Gasteiger charge is -2.27. The van der Waals surface area contributed by atoms with Crippen LogP contribution in [0.15, 0.2) is 46.0 Å². The largest absolute Gasteiger partial charge is 0.468 e. The highest BCUT2D eigenvalue weighted by Gasteiger charge is 2.25. The van der Waals surface area contributed by atoms with Crippen LogP contribution in [0.4, 0.5) is 8.78 Å². The van der Waals surface area contributed by atoms with Gasteiger partial charge in [0.1, 0.15) is 5.76 Å². The van der Waals surface area contributed by atoms with Gasteiger partial charge in [0.25, 0.3) is 0 Å². The van der Waals surface area contributed by atoms with Crippen molar-refractivity contribution in [1.29, 1.82) is 0 Å². The summed E-state index contributed by atoms with van der Waals surface area (Å²) in [7, 11) is 1.72. The maximum Gasteiger partial charge on any atom is 0.191 e. The molecule has 0 amide bonds. The number of guanidine groups is 1. The molecule has 1 aliphatic heterocycles. The standard InChI is InChI=1S/C21H28F2N4O/c1-15(16-7-8-17(22)18(23)12-16)13-25-21(24-2)26-14-19(20-6-5-11-28-20)27-9-3-4-10-27/h5-8,11-12,15,19H,3-4,9-10,13-14H2,1-2H3,(H2,24,25,26). The van der Waals surface area contributed by atoms with Gasteiger partial charge in [0.2, 0.25) is 0 Å². The van der Waals surface area contributed by atoms with Gasteiger partial charge < -0.3 is 15.1 Å². The van der Waals surface area contributed by atoms with Crippen LogP contribution in [0.1, 0.15) is 43.0 Å². The molecule has 1 aromatic heterocycles. The first-order valence-electron chi connectivity index (χ1n) is 9.75. The number of halogens is 2. The van der Waals surface area contributed by atoms with Crippen molar-refractivity contribution in [2.75, 3.05) is 33.2 Å². The van der Waals surface area contributed by atoms with Crippen LogP contribution in [0.5, 0.6) is 0 Å². The SMILES string of the molecule is CN=C(NCC(C)c1ccc(F)c(F)c1)NCC(c1ccco1)N1CCCC1. The van der Waals surface area contributed by atoms with E-state index in [-0.39, 0.29) is 12.0 Å². The minimum Gasteiger partial charge on any atom is -0.468 e. The number of likely N-dealkylation sites (tertiary alicyclic amines) is 1. The van der Waals surface area contributed by atoms with Gasteiger partial charge in [0, 0.05) is 20.1 Å². The van der Waals surface area contributed by atoms with Crippen molar-refractivity contribution < 1.29 is 13.2 Å². The highest BCUT2D eigenvalue weighted by molar-refractivity contribution is 5.79. The van der Waals surface area contributed by atoms with Crippen molar-refractivity contribution in [3.63, 3.8) is 0 Å². The quantitative estimate of drug-likeness (QED) is 0.560. The molecule has 1 aliphatic rings. The number of rotatable bonds is 7. The van der Waals surface area contributed by atoms with Gasteiger partial charge in [-0.15, -0.1) is 0 Å². The topological polar surface area (TPSA) is 52.8 Å². The number of nitrogens with zero attached hydrogens (tertiary/aromatic N) is 2. The minimum absolute atomic E-state index is 0.00750. The molecule has 1 aromatic carbocycles. The van der Waals surface area contributed by atoms with Crippen molar-refractivity contribution >= 4 is 5.96 Å². The van der Waals surface area contributed by atoms with E-state index in [0.717, 1.165) is 30.5 Å². The third kappa shape index (κ3) is 5.10. The summed E-state index contributed by atoms with van der Waals surface area (Å²) < 4.78 is 32.2. The molecular weight excluding hydrogens is 362 g/mol. The molecule has 1 saturated heterocycles. The van der Waals surface area contributed by atoms with Gasteiger partial charge in [-0.1, -0.05) is 13.0 Å². The fourth-order valence-corrected chi connectivity index (χ4v) is 3.54. The van der Waals surface area contributed by atoms with E-state index in [2.05, 4.69) is 20.5 Å². The molecular formula is C21H28F2N4O. The molecule has 0 aliphatic carbocycles. The van der Waals surface area contributed by atoms with Gasteiger partial charge in [0.15, 0.2) is 17.6 Å². The van der Waals surface area contributed by atoms with Crippen LogP contribution in [0.25, 0.3) is 0 Å². The Morgan fingerprint density at radius 3 is 2.54 bits per heavy atom. The molecule has 2 aromatic rings. The first-order chi connectivity index (χ1) is 13.6. The Bertz CT molecular complexity index is 773. The summed E-state index contributed by atoms with van der Waals surface area (Å²) >= 11 is 0. The Balaban J connectivity index is 1.55. The van der Waals surface area contributed by atoms with Crippen molar-refractivity contribution in [2.24, 2.45) is 4.99 Å². The molecule has 152 valence electrons. The second-order valence-electron chi connectivity index (χ2n) is 7.18. The Hall–Kier alpha value is -2.41. The number of furan rings is 1. The van der Waals surface area contributed by atoms with Crippen LogP contribution in [0.2, 0.25) is 0 Å². The number of hydrogen-bond acceptors (Lipinski definition) is 3. The average molecular weight is 390 g/mol. The molecule has 1 fully saturated rings. The summed E-state index contributed by atoms with van der Waals surface area (Å²) in [6.45, 7) is 5.31. The van der Waals surface area contributed by atoms with E-state index < -0.39 is 11.6 Å². The Labute approximate surface area is 164 Å². The van der Waals surface area contributed by atoms with Gasteiger partial charge in [-0.3, -0.25) is 9.89 Å². The average Bonchev–Trinajstić information content (AvgIpc) is 3.41. The van der Waals surface area contributed by atoms with Gasteiger partial charge >= 0.3 is 0 Å². The zero-order chi connectivity index (χ0) is 19.9. The third-order valence-electron chi connectivity index (χ3n) is 5.23.